The predicted octanol–water partition coefficient (Wildman–Crippen LogP) is 15.0. The quantitative estimate of drug-likeness (QED) is 0.164. The Labute approximate surface area is 386 Å². The summed E-state index contributed by atoms with van der Waals surface area (Å²) in [5.74, 6) is 0. The first-order valence-corrected chi connectivity index (χ1v) is 24.3. The van der Waals surface area contributed by atoms with Crippen molar-refractivity contribution >= 4 is 57.2 Å². The van der Waals surface area contributed by atoms with Gasteiger partial charge in [-0.2, -0.15) is 0 Å². The van der Waals surface area contributed by atoms with Crippen molar-refractivity contribution in [3.8, 4) is 11.1 Å². The zero-order valence-corrected chi connectivity index (χ0v) is 41.7. The zero-order chi connectivity index (χ0) is 45.7. The van der Waals surface area contributed by atoms with Crippen LogP contribution in [0, 0.1) is 6.92 Å². The van der Waals surface area contributed by atoms with Gasteiger partial charge in [-0.15, -0.1) is 0 Å². The highest BCUT2D eigenvalue weighted by atomic mass is 15.2. The second kappa shape index (κ2) is 14.0. The summed E-state index contributed by atoms with van der Waals surface area (Å²) in [6, 6.07) is 43.7. The third-order valence-electron chi connectivity index (χ3n) is 16.3. The Bertz CT molecular complexity index is 2880. The van der Waals surface area contributed by atoms with Gasteiger partial charge in [0.2, 0.25) is 0 Å². The molecule has 4 aliphatic rings. The lowest BCUT2D eigenvalue weighted by Crippen LogP contribution is -2.62. The molecule has 0 unspecified atom stereocenters. The van der Waals surface area contributed by atoms with E-state index < -0.39 is 0 Å². The number of rotatable bonds is 3. The highest BCUT2D eigenvalue weighted by Crippen LogP contribution is 2.53. The first-order valence-electron chi connectivity index (χ1n) is 24.3. The van der Waals surface area contributed by atoms with Crippen molar-refractivity contribution in [3.05, 3.63) is 148 Å². The monoisotopic (exact) mass is 843 g/mol. The maximum atomic E-state index is 2.70. The van der Waals surface area contributed by atoms with Crippen LogP contribution in [0.2, 0.25) is 0 Å². The fourth-order valence-electron chi connectivity index (χ4n) is 12.0. The van der Waals surface area contributed by atoms with Gasteiger partial charge < -0.3 is 9.80 Å². The molecule has 0 saturated heterocycles. The lowest BCUT2D eigenvalue weighted by molar-refractivity contribution is 0.332. The third kappa shape index (κ3) is 6.64. The molecule has 0 saturated carbocycles. The van der Waals surface area contributed by atoms with Crippen LogP contribution in [0.5, 0.6) is 0 Å². The van der Waals surface area contributed by atoms with E-state index in [1.807, 2.05) is 0 Å². The molecule has 0 bridgehead atoms. The van der Waals surface area contributed by atoms with E-state index in [2.05, 4.69) is 223 Å². The van der Waals surface area contributed by atoms with Gasteiger partial charge in [-0.3, -0.25) is 0 Å². The van der Waals surface area contributed by atoms with Gasteiger partial charge in [0.05, 0.1) is 5.69 Å². The second-order valence-corrected chi connectivity index (χ2v) is 24.9. The molecule has 0 N–H and O–H groups in total. The van der Waals surface area contributed by atoms with Crippen molar-refractivity contribution in [1.82, 2.24) is 0 Å². The topological polar surface area (TPSA) is 6.48 Å². The smallest absolute Gasteiger partial charge is 0.252 e. The van der Waals surface area contributed by atoms with E-state index in [9.17, 15) is 0 Å². The lowest BCUT2D eigenvalue weighted by atomic mass is 9.33. The molecule has 0 fully saturated rings. The van der Waals surface area contributed by atoms with Gasteiger partial charge >= 0.3 is 0 Å². The minimum atomic E-state index is -0.0189. The molecule has 0 aromatic heterocycles. The number of hydrogen-bond acceptors (Lipinski definition) is 2. The van der Waals surface area contributed by atoms with Crippen molar-refractivity contribution in [2.75, 3.05) is 9.80 Å². The molecule has 2 nitrogen and oxygen atoms in total. The van der Waals surface area contributed by atoms with Gasteiger partial charge in [-0.1, -0.05) is 158 Å². The number of aryl methyl sites for hydroxylation is 1. The molecular formula is C61H71BN2. The van der Waals surface area contributed by atoms with E-state index in [4.69, 9.17) is 0 Å². The van der Waals surface area contributed by atoms with Crippen LogP contribution in [0.15, 0.2) is 109 Å². The van der Waals surface area contributed by atoms with E-state index in [0.29, 0.717) is 0 Å². The average molecular weight is 843 g/mol. The number of benzene rings is 6. The Balaban J connectivity index is 1.34. The lowest BCUT2D eigenvalue weighted by Gasteiger charge is -2.48. The Kier molecular flexibility index (Phi) is 9.38. The molecule has 3 heteroatoms. The molecule has 328 valence electrons. The van der Waals surface area contributed by atoms with E-state index in [1.165, 1.54) is 126 Å². The van der Waals surface area contributed by atoms with Crippen LogP contribution >= 0.6 is 0 Å². The number of anilines is 6. The summed E-state index contributed by atoms with van der Waals surface area (Å²) >= 11 is 0. The summed E-state index contributed by atoms with van der Waals surface area (Å²) < 4.78 is 0. The Morgan fingerprint density at radius 2 is 0.938 bits per heavy atom. The molecule has 6 aromatic carbocycles. The summed E-state index contributed by atoms with van der Waals surface area (Å²) in [4.78, 5) is 5.34. The van der Waals surface area contributed by atoms with E-state index in [-0.39, 0.29) is 39.2 Å². The molecule has 2 aliphatic carbocycles. The first-order chi connectivity index (χ1) is 29.9. The minimum Gasteiger partial charge on any atom is -0.311 e. The van der Waals surface area contributed by atoms with Crippen LogP contribution in [-0.4, -0.2) is 6.71 Å². The number of nitrogens with zero attached hydrogens (tertiary/aromatic N) is 2. The van der Waals surface area contributed by atoms with Gasteiger partial charge in [-0.05, 0) is 175 Å². The molecule has 0 spiro atoms. The maximum absolute atomic E-state index is 2.70. The van der Waals surface area contributed by atoms with Crippen LogP contribution in [0.4, 0.5) is 34.1 Å². The molecule has 0 radical (unpaired) electrons. The summed E-state index contributed by atoms with van der Waals surface area (Å²) in [5.41, 5.74) is 24.8. The zero-order valence-electron chi connectivity index (χ0n) is 41.7. The van der Waals surface area contributed by atoms with Crippen LogP contribution in [0.1, 0.15) is 162 Å². The van der Waals surface area contributed by atoms with Crippen molar-refractivity contribution in [2.45, 2.75) is 162 Å². The summed E-state index contributed by atoms with van der Waals surface area (Å²) in [6.07, 6.45) is 4.76. The largest absolute Gasteiger partial charge is 0.311 e. The molecule has 2 heterocycles. The van der Waals surface area contributed by atoms with Crippen molar-refractivity contribution in [1.29, 1.82) is 0 Å². The SMILES string of the molecule is Cc1cc2c3c(c1)N(c1ccc(C(C)(C)C)cc1-c1ccccc1)c1ccc(C(C)(C)C)cc1B3c1cc3c(cc1N2c1ccc2c(c1)C(C)(C)CCC2(C)C)C(C)(C)CCC3(C)C. The highest BCUT2D eigenvalue weighted by molar-refractivity contribution is 7.00. The van der Waals surface area contributed by atoms with Gasteiger partial charge in [0.25, 0.3) is 6.71 Å². The fourth-order valence-corrected chi connectivity index (χ4v) is 12.0. The molecule has 6 aromatic rings. The standard InChI is InChI=1S/C61H71BN2/c1-38-31-53-55-54(32-38)64(50-25-21-40(56(2,3)4)33-43(50)39-19-17-16-18-20-39)51-26-22-41(57(5,6)7)34-48(51)62(55)49-36-46-47(61(14,15)30-29-60(46,12)13)37-52(49)63(53)42-23-24-44-45(35-42)59(10,11)28-27-58(44,8)9/h16-26,31-37H,27-30H2,1-15H3. The number of hydrogen-bond donors (Lipinski definition) is 0. The second-order valence-electron chi connectivity index (χ2n) is 24.9. The average Bonchev–Trinajstić information content (AvgIpc) is 3.23. The van der Waals surface area contributed by atoms with Crippen LogP contribution in [0.3, 0.4) is 0 Å². The van der Waals surface area contributed by atoms with Crippen molar-refractivity contribution in [2.24, 2.45) is 0 Å². The van der Waals surface area contributed by atoms with Crippen LogP contribution < -0.4 is 26.2 Å². The van der Waals surface area contributed by atoms with Crippen LogP contribution in [0.25, 0.3) is 11.1 Å². The van der Waals surface area contributed by atoms with E-state index >= 15 is 0 Å². The first kappa shape index (κ1) is 42.9. The molecule has 64 heavy (non-hydrogen) atoms. The molecular weight excluding hydrogens is 771 g/mol. The van der Waals surface area contributed by atoms with Gasteiger partial charge in [0.15, 0.2) is 0 Å². The molecule has 2 aliphatic heterocycles. The molecule has 10 rings (SSSR count). The Morgan fingerprint density at radius 3 is 1.53 bits per heavy atom. The maximum Gasteiger partial charge on any atom is 0.252 e. The van der Waals surface area contributed by atoms with Crippen LogP contribution in [-0.2, 0) is 32.5 Å². The molecule has 0 amide bonds. The molecule has 0 atom stereocenters. The summed E-state index contributed by atoms with van der Waals surface area (Å²) in [5, 5.41) is 0. The van der Waals surface area contributed by atoms with Gasteiger partial charge in [0, 0.05) is 34.0 Å². The van der Waals surface area contributed by atoms with E-state index in [0.717, 1.165) is 0 Å². The van der Waals surface area contributed by atoms with Crippen molar-refractivity contribution in [3.63, 3.8) is 0 Å². The summed E-state index contributed by atoms with van der Waals surface area (Å²) in [7, 11) is 0. The predicted molar refractivity (Wildman–Crippen MR) is 279 cm³/mol. The number of fused-ring (bicyclic) bond motifs is 6. The van der Waals surface area contributed by atoms with Gasteiger partial charge in [-0.25, -0.2) is 0 Å². The Morgan fingerprint density at radius 1 is 0.438 bits per heavy atom. The highest BCUT2D eigenvalue weighted by Gasteiger charge is 2.47. The fraction of sp³-hybridized carbons (Fsp3) is 0.410. The van der Waals surface area contributed by atoms with Crippen molar-refractivity contribution < 1.29 is 0 Å². The normalized spacial score (nSPS) is 18.7. The minimum absolute atomic E-state index is 0.00141. The summed E-state index contributed by atoms with van der Waals surface area (Å²) in [6.45, 7) is 36.3. The third-order valence-corrected chi connectivity index (χ3v) is 16.3. The van der Waals surface area contributed by atoms with E-state index in [1.54, 1.807) is 0 Å². The Hall–Kier alpha value is -5.02. The van der Waals surface area contributed by atoms with Gasteiger partial charge in [0.1, 0.15) is 0 Å².